The number of benzene rings is 2. The Kier molecular flexibility index (Phi) is 5.30. The molecule has 2 heterocycles. The normalized spacial score (nSPS) is 16.9. The van der Waals surface area contributed by atoms with Crippen molar-refractivity contribution in [1.82, 2.24) is 9.88 Å². The van der Waals surface area contributed by atoms with E-state index in [0.717, 1.165) is 32.4 Å². The number of rotatable bonds is 5. The Morgan fingerprint density at radius 3 is 2.71 bits per heavy atom. The molecule has 1 saturated heterocycles. The van der Waals surface area contributed by atoms with E-state index in [-0.39, 0.29) is 11.9 Å². The number of nitrogens with zero attached hydrogens (tertiary/aromatic N) is 1. The third-order valence-corrected chi connectivity index (χ3v) is 5.63. The Morgan fingerprint density at radius 2 is 1.96 bits per heavy atom. The lowest BCUT2D eigenvalue weighted by Crippen LogP contribution is -2.46. The maximum absolute atomic E-state index is 12.7. The number of fused-ring (bicyclic) bond motifs is 1. The molecule has 6 heteroatoms. The minimum absolute atomic E-state index is 0.0428. The molecule has 4 rings (SSSR count). The average molecular weight is 379 g/mol. The highest BCUT2D eigenvalue weighted by molar-refractivity contribution is 5.95. The fraction of sp³-hybridized carbons (Fsp3) is 0.364. The van der Waals surface area contributed by atoms with Crippen LogP contribution in [0.3, 0.4) is 0 Å². The fourth-order valence-corrected chi connectivity index (χ4v) is 3.93. The smallest absolute Gasteiger partial charge is 0.408 e. The summed E-state index contributed by atoms with van der Waals surface area (Å²) < 4.78 is 5.05. The summed E-state index contributed by atoms with van der Waals surface area (Å²) in [6.45, 7) is 3.80. The van der Waals surface area contributed by atoms with Crippen molar-refractivity contribution in [2.75, 3.05) is 18.4 Å². The SMILES string of the molecule is CC(C(=O)Nc1ccc2[nH]c(=O)oc2c1)N1CCC(Cc2ccccc2)CC1. The predicted molar refractivity (Wildman–Crippen MR) is 109 cm³/mol. The van der Waals surface area contributed by atoms with Gasteiger partial charge in [0, 0.05) is 11.8 Å². The molecular formula is C22H25N3O3. The number of nitrogens with one attached hydrogen (secondary N) is 2. The maximum atomic E-state index is 12.7. The summed E-state index contributed by atoms with van der Waals surface area (Å²) in [6, 6.07) is 15.6. The van der Waals surface area contributed by atoms with Crippen LogP contribution < -0.4 is 11.1 Å². The molecule has 3 aromatic rings. The minimum atomic E-state index is -0.495. The molecule has 0 saturated carbocycles. The molecule has 1 aliphatic rings. The highest BCUT2D eigenvalue weighted by Gasteiger charge is 2.26. The quantitative estimate of drug-likeness (QED) is 0.712. The molecule has 0 bridgehead atoms. The van der Waals surface area contributed by atoms with Crippen LogP contribution in [0.25, 0.3) is 11.1 Å². The first-order valence-electron chi connectivity index (χ1n) is 9.80. The number of aromatic nitrogens is 1. The molecule has 2 N–H and O–H groups in total. The monoisotopic (exact) mass is 379 g/mol. The summed E-state index contributed by atoms with van der Waals surface area (Å²) in [5, 5.41) is 2.93. The van der Waals surface area contributed by atoms with Crippen molar-refractivity contribution >= 4 is 22.7 Å². The Hall–Kier alpha value is -2.86. The largest absolute Gasteiger partial charge is 0.417 e. The van der Waals surface area contributed by atoms with Crippen molar-refractivity contribution in [3.63, 3.8) is 0 Å². The van der Waals surface area contributed by atoms with Crippen molar-refractivity contribution in [3.8, 4) is 0 Å². The number of hydrogen-bond donors (Lipinski definition) is 2. The first-order chi connectivity index (χ1) is 13.6. The van der Waals surface area contributed by atoms with Gasteiger partial charge in [0.25, 0.3) is 0 Å². The second-order valence-corrected chi connectivity index (χ2v) is 7.56. The number of oxazole rings is 1. The molecule has 1 amide bonds. The number of H-pyrrole nitrogens is 1. The summed E-state index contributed by atoms with van der Waals surface area (Å²) >= 11 is 0. The Balaban J connectivity index is 1.32. The van der Waals surface area contributed by atoms with Gasteiger partial charge in [0.05, 0.1) is 11.6 Å². The van der Waals surface area contributed by atoms with Crippen molar-refractivity contribution in [2.24, 2.45) is 5.92 Å². The number of carbonyl (C=O) groups excluding carboxylic acids is 1. The number of hydrogen-bond acceptors (Lipinski definition) is 4. The summed E-state index contributed by atoms with van der Waals surface area (Å²) in [7, 11) is 0. The molecule has 146 valence electrons. The lowest BCUT2D eigenvalue weighted by Gasteiger charge is -2.35. The van der Waals surface area contributed by atoms with Gasteiger partial charge in [-0.2, -0.15) is 0 Å². The van der Waals surface area contributed by atoms with Gasteiger partial charge < -0.3 is 9.73 Å². The van der Waals surface area contributed by atoms with Crippen LogP contribution in [0.2, 0.25) is 0 Å². The van der Waals surface area contributed by atoms with Gasteiger partial charge in [0.2, 0.25) is 5.91 Å². The first-order valence-corrected chi connectivity index (χ1v) is 9.80. The third kappa shape index (κ3) is 4.17. The van der Waals surface area contributed by atoms with Crippen LogP contribution in [0.1, 0.15) is 25.3 Å². The molecular weight excluding hydrogens is 354 g/mol. The van der Waals surface area contributed by atoms with Crippen molar-refractivity contribution in [1.29, 1.82) is 0 Å². The zero-order valence-electron chi connectivity index (χ0n) is 16.0. The molecule has 1 aliphatic heterocycles. The van der Waals surface area contributed by atoms with Gasteiger partial charge in [0.1, 0.15) is 0 Å². The van der Waals surface area contributed by atoms with E-state index >= 15 is 0 Å². The van der Waals surface area contributed by atoms with Crippen LogP contribution in [0.5, 0.6) is 0 Å². The van der Waals surface area contributed by atoms with E-state index in [0.29, 0.717) is 22.7 Å². The third-order valence-electron chi connectivity index (χ3n) is 5.63. The van der Waals surface area contributed by atoms with E-state index in [2.05, 4.69) is 39.5 Å². The van der Waals surface area contributed by atoms with Crippen LogP contribution in [0, 0.1) is 5.92 Å². The average Bonchev–Trinajstić information content (AvgIpc) is 3.08. The summed E-state index contributed by atoms with van der Waals surface area (Å²) in [6.07, 6.45) is 3.32. The Labute approximate surface area is 163 Å². The van der Waals surface area contributed by atoms with E-state index < -0.39 is 5.76 Å². The van der Waals surface area contributed by atoms with Crippen molar-refractivity contribution in [2.45, 2.75) is 32.2 Å². The molecule has 0 spiro atoms. The number of anilines is 1. The minimum Gasteiger partial charge on any atom is -0.408 e. The zero-order valence-corrected chi connectivity index (χ0v) is 16.0. The van der Waals surface area contributed by atoms with E-state index in [9.17, 15) is 9.59 Å². The molecule has 0 aliphatic carbocycles. The second kappa shape index (κ2) is 8.02. The van der Waals surface area contributed by atoms with Gasteiger partial charge in [-0.15, -0.1) is 0 Å². The number of carbonyl (C=O) groups is 1. The van der Waals surface area contributed by atoms with Crippen LogP contribution in [0.15, 0.2) is 57.7 Å². The molecule has 6 nitrogen and oxygen atoms in total. The van der Waals surface area contributed by atoms with Crippen LogP contribution in [0.4, 0.5) is 5.69 Å². The van der Waals surface area contributed by atoms with Gasteiger partial charge >= 0.3 is 5.76 Å². The topological polar surface area (TPSA) is 78.3 Å². The molecule has 1 atom stereocenters. The number of aromatic amines is 1. The zero-order chi connectivity index (χ0) is 19.5. The van der Waals surface area contributed by atoms with Gasteiger partial charge in [0.15, 0.2) is 5.58 Å². The Bertz CT molecular complexity index is 1000. The van der Waals surface area contributed by atoms with Crippen molar-refractivity contribution < 1.29 is 9.21 Å². The first kappa shape index (κ1) is 18.5. The van der Waals surface area contributed by atoms with Crippen LogP contribution in [-0.2, 0) is 11.2 Å². The molecule has 0 radical (unpaired) electrons. The molecule has 1 aromatic heterocycles. The number of piperidine rings is 1. The summed E-state index contributed by atoms with van der Waals surface area (Å²) in [5.41, 5.74) is 3.08. The molecule has 2 aromatic carbocycles. The number of amides is 1. The summed E-state index contributed by atoms with van der Waals surface area (Å²) in [4.78, 5) is 28.8. The standard InChI is InChI=1S/C22H25N3O3/c1-15(21(26)23-18-7-8-19-20(14-18)28-22(27)24-19)25-11-9-17(10-12-25)13-16-5-3-2-4-6-16/h2-8,14-15,17H,9-13H2,1H3,(H,23,26)(H,24,27). The van der Waals surface area contributed by atoms with Gasteiger partial charge in [-0.05, 0) is 62.9 Å². The van der Waals surface area contributed by atoms with Gasteiger partial charge in [-0.25, -0.2) is 4.79 Å². The van der Waals surface area contributed by atoms with E-state index in [1.807, 2.05) is 13.0 Å². The lowest BCUT2D eigenvalue weighted by molar-refractivity contribution is -0.121. The van der Waals surface area contributed by atoms with E-state index in [4.69, 9.17) is 4.42 Å². The van der Waals surface area contributed by atoms with Gasteiger partial charge in [-0.1, -0.05) is 30.3 Å². The fourth-order valence-electron chi connectivity index (χ4n) is 3.93. The molecule has 1 fully saturated rings. The highest BCUT2D eigenvalue weighted by Crippen LogP contribution is 2.23. The van der Waals surface area contributed by atoms with E-state index in [1.54, 1.807) is 18.2 Å². The van der Waals surface area contributed by atoms with Gasteiger partial charge in [-0.3, -0.25) is 14.7 Å². The number of likely N-dealkylation sites (tertiary alicyclic amines) is 1. The Morgan fingerprint density at radius 1 is 1.21 bits per heavy atom. The molecule has 28 heavy (non-hydrogen) atoms. The van der Waals surface area contributed by atoms with Crippen molar-refractivity contribution in [3.05, 3.63) is 64.6 Å². The second-order valence-electron chi connectivity index (χ2n) is 7.56. The lowest BCUT2D eigenvalue weighted by atomic mass is 9.89. The van der Waals surface area contributed by atoms with Crippen LogP contribution >= 0.6 is 0 Å². The van der Waals surface area contributed by atoms with E-state index in [1.165, 1.54) is 5.56 Å². The van der Waals surface area contributed by atoms with Crippen LogP contribution in [-0.4, -0.2) is 34.9 Å². The predicted octanol–water partition coefficient (Wildman–Crippen LogP) is 3.40. The molecule has 1 unspecified atom stereocenters. The summed E-state index contributed by atoms with van der Waals surface area (Å²) in [5.74, 6) is 0.136. The maximum Gasteiger partial charge on any atom is 0.417 e. The highest BCUT2D eigenvalue weighted by atomic mass is 16.4.